The number of nitrogens with two attached hydrogens (primary N) is 2. The maximum Gasteiger partial charge on any atom is 0.417 e. The summed E-state index contributed by atoms with van der Waals surface area (Å²) < 4.78 is 67.2. The summed E-state index contributed by atoms with van der Waals surface area (Å²) in [5.74, 6) is -0.959. The molecule has 0 aliphatic rings. The van der Waals surface area contributed by atoms with E-state index in [1.165, 1.54) is 0 Å². The molecular weight excluding hydrogens is 367 g/mol. The zero-order chi connectivity index (χ0) is 19.4. The largest absolute Gasteiger partial charge is 0.465 e. The lowest BCUT2D eigenvalue weighted by atomic mass is 10.00. The Balaban J connectivity index is 0.000000550. The van der Waals surface area contributed by atoms with Crippen LogP contribution < -0.4 is 10.9 Å². The number of esters is 1. The van der Waals surface area contributed by atoms with Crippen molar-refractivity contribution in [3.05, 3.63) is 35.9 Å². The van der Waals surface area contributed by atoms with Gasteiger partial charge in [0, 0.05) is 11.3 Å². The molecule has 0 saturated heterocycles. The van der Waals surface area contributed by atoms with Crippen LogP contribution in [-0.2, 0) is 20.9 Å². The molecule has 138 valence electrons. The predicted octanol–water partition coefficient (Wildman–Crippen LogP) is 1.63. The van der Waals surface area contributed by atoms with Crippen molar-refractivity contribution in [3.63, 3.8) is 0 Å². The monoisotopic (exact) mass is 381 g/mol. The number of carbonyl (C=O) groups is 1. The molecule has 1 aromatic heterocycles. The maximum atomic E-state index is 13.0. The van der Waals surface area contributed by atoms with Crippen LogP contribution in [0.1, 0.15) is 15.9 Å². The van der Waals surface area contributed by atoms with Crippen molar-refractivity contribution < 1.29 is 35.5 Å². The quantitative estimate of drug-likeness (QED) is 0.595. The number of benzene rings is 1. The minimum Gasteiger partial charge on any atom is -0.465 e. The van der Waals surface area contributed by atoms with Gasteiger partial charge in [0.1, 0.15) is 0 Å². The van der Waals surface area contributed by atoms with Gasteiger partial charge in [-0.25, -0.2) is 23.3 Å². The first-order valence-electron chi connectivity index (χ1n) is 6.30. The van der Waals surface area contributed by atoms with E-state index in [-0.39, 0.29) is 22.6 Å². The third kappa shape index (κ3) is 6.08. The number of hydrogen-bond acceptors (Lipinski definition) is 7. The Labute approximate surface area is 140 Å². The summed E-state index contributed by atoms with van der Waals surface area (Å²) in [6, 6.07) is 1.65. The van der Waals surface area contributed by atoms with E-state index in [2.05, 4.69) is 14.9 Å². The molecule has 0 saturated carbocycles. The molecule has 0 bridgehead atoms. The smallest absolute Gasteiger partial charge is 0.417 e. The van der Waals surface area contributed by atoms with Crippen molar-refractivity contribution >= 4 is 21.7 Å². The lowest BCUT2D eigenvalue weighted by molar-refractivity contribution is -0.137. The fraction of sp³-hybridized carbons (Fsp3) is 0.231. The minimum atomic E-state index is -4.65. The Morgan fingerprint density at radius 2 is 1.88 bits per heavy atom. The van der Waals surface area contributed by atoms with Crippen molar-refractivity contribution in [1.82, 2.24) is 4.98 Å². The molecule has 1 aromatic carbocycles. The van der Waals surface area contributed by atoms with E-state index in [4.69, 9.17) is 10.2 Å². The highest BCUT2D eigenvalue weighted by molar-refractivity contribution is 7.88. The molecule has 0 fully saturated rings. The maximum absolute atomic E-state index is 13.0. The van der Waals surface area contributed by atoms with Crippen LogP contribution >= 0.6 is 0 Å². The molecule has 0 radical (unpaired) electrons. The number of anilines is 1. The molecule has 2 aromatic rings. The Morgan fingerprint density at radius 3 is 2.28 bits per heavy atom. The third-order valence-electron chi connectivity index (χ3n) is 2.60. The topological polar surface area (TPSA) is 139 Å². The van der Waals surface area contributed by atoms with E-state index < -0.39 is 27.7 Å². The van der Waals surface area contributed by atoms with Crippen LogP contribution in [0.5, 0.6) is 0 Å². The first-order chi connectivity index (χ1) is 11.3. The molecule has 1 heterocycles. The lowest BCUT2D eigenvalue weighted by Gasteiger charge is -2.14. The number of oxazole rings is 1. The van der Waals surface area contributed by atoms with E-state index in [0.717, 1.165) is 32.0 Å². The van der Waals surface area contributed by atoms with E-state index in [0.29, 0.717) is 6.07 Å². The highest BCUT2D eigenvalue weighted by Crippen LogP contribution is 2.39. The molecule has 0 atom stereocenters. The van der Waals surface area contributed by atoms with Gasteiger partial charge in [-0.05, 0) is 12.1 Å². The minimum absolute atomic E-state index is 0.123. The van der Waals surface area contributed by atoms with Crippen LogP contribution in [0.4, 0.5) is 18.9 Å². The van der Waals surface area contributed by atoms with Crippen molar-refractivity contribution in [2.45, 2.75) is 6.18 Å². The highest BCUT2D eigenvalue weighted by Gasteiger charge is 2.36. The molecule has 2 rings (SSSR count). The normalized spacial score (nSPS) is 11.4. The number of ether oxygens (including phenoxy) is 1. The lowest BCUT2D eigenvalue weighted by Crippen LogP contribution is -2.12. The zero-order valence-electron chi connectivity index (χ0n) is 13.0. The summed E-state index contributed by atoms with van der Waals surface area (Å²) in [7, 11) is -2.06. The van der Waals surface area contributed by atoms with Crippen LogP contribution in [0.2, 0.25) is 0 Å². The number of nitrogens with zero attached hydrogens (tertiary/aromatic N) is 1. The van der Waals surface area contributed by atoms with Gasteiger partial charge in [0.25, 0.3) is 0 Å². The molecule has 0 spiro atoms. The molecule has 25 heavy (non-hydrogen) atoms. The van der Waals surface area contributed by atoms with Gasteiger partial charge < -0.3 is 14.9 Å². The van der Waals surface area contributed by atoms with Crippen LogP contribution in [0.15, 0.2) is 29.1 Å². The predicted molar refractivity (Wildman–Crippen MR) is 81.7 cm³/mol. The van der Waals surface area contributed by atoms with Crippen molar-refractivity contribution in [2.24, 2.45) is 5.14 Å². The number of rotatable bonds is 2. The van der Waals surface area contributed by atoms with Crippen molar-refractivity contribution in [2.75, 3.05) is 19.1 Å². The van der Waals surface area contributed by atoms with Crippen LogP contribution in [0.25, 0.3) is 11.3 Å². The van der Waals surface area contributed by atoms with E-state index in [1.807, 2.05) is 0 Å². The zero-order valence-corrected chi connectivity index (χ0v) is 13.8. The number of carbonyl (C=O) groups excluding carboxylic acids is 1. The Bertz CT molecular complexity index is 841. The number of hydrogen-bond donors (Lipinski definition) is 2. The van der Waals surface area contributed by atoms with Crippen LogP contribution in [-0.4, -0.2) is 32.7 Å². The first kappa shape index (κ1) is 20.4. The van der Waals surface area contributed by atoms with E-state index in [1.54, 1.807) is 0 Å². The molecule has 4 N–H and O–H groups in total. The average molecular weight is 381 g/mol. The summed E-state index contributed by atoms with van der Waals surface area (Å²) >= 11 is 0. The molecular formula is C13H14F3N3O5S. The van der Waals surface area contributed by atoms with Gasteiger partial charge in [-0.15, -0.1) is 0 Å². The molecule has 0 unspecified atom stereocenters. The van der Waals surface area contributed by atoms with Gasteiger partial charge >= 0.3 is 12.1 Å². The molecule has 0 amide bonds. The summed E-state index contributed by atoms with van der Waals surface area (Å²) in [6.45, 7) is 0. The van der Waals surface area contributed by atoms with Crippen molar-refractivity contribution in [1.29, 1.82) is 0 Å². The number of sulfonamides is 1. The fourth-order valence-corrected chi connectivity index (χ4v) is 1.69. The molecule has 8 nitrogen and oxygen atoms in total. The van der Waals surface area contributed by atoms with E-state index >= 15 is 0 Å². The highest BCUT2D eigenvalue weighted by atomic mass is 32.2. The van der Waals surface area contributed by atoms with Crippen LogP contribution in [0.3, 0.4) is 0 Å². The van der Waals surface area contributed by atoms with Gasteiger partial charge in [-0.2, -0.15) is 13.2 Å². The number of alkyl halides is 3. The van der Waals surface area contributed by atoms with Gasteiger partial charge in [-0.1, -0.05) is 0 Å². The van der Waals surface area contributed by atoms with Gasteiger partial charge in [0.15, 0.2) is 12.2 Å². The Hall–Kier alpha value is -2.60. The molecule has 0 aliphatic heterocycles. The van der Waals surface area contributed by atoms with Gasteiger partial charge in [0.2, 0.25) is 10.0 Å². The summed E-state index contributed by atoms with van der Waals surface area (Å²) in [6.07, 6.45) is -1.61. The number of halogens is 3. The summed E-state index contributed by atoms with van der Waals surface area (Å²) in [4.78, 5) is 15.0. The second-order valence-electron chi connectivity index (χ2n) is 4.67. The fourth-order valence-electron chi connectivity index (χ4n) is 1.69. The number of nitrogen functional groups attached to an aromatic ring is 1. The van der Waals surface area contributed by atoms with Gasteiger partial charge in [0.05, 0.1) is 30.7 Å². The number of aromatic nitrogens is 1. The van der Waals surface area contributed by atoms with Crippen molar-refractivity contribution in [3.8, 4) is 11.3 Å². The first-order valence-corrected chi connectivity index (χ1v) is 8.25. The average Bonchev–Trinajstić information content (AvgIpc) is 2.97. The molecule has 12 heteroatoms. The standard InChI is InChI=1S/C12H9F3N2O3.CH5NO2S/c1-19-11(18)7-2-6(10-4-17-5-20-10)8(3-9(7)16)12(13,14)15;1-5(2,3)4/h2-5H,16H2,1H3;1H3,(H2,2,3,4). The Kier molecular flexibility index (Phi) is 6.15. The van der Waals surface area contributed by atoms with Gasteiger partial charge in [-0.3, -0.25) is 0 Å². The third-order valence-corrected chi connectivity index (χ3v) is 2.60. The second kappa shape index (κ2) is 7.53. The van der Waals surface area contributed by atoms with E-state index in [9.17, 15) is 26.4 Å². The summed E-state index contributed by atoms with van der Waals surface area (Å²) in [5.41, 5.74) is 3.63. The number of methoxy groups -OCH3 is 1. The Morgan fingerprint density at radius 1 is 1.32 bits per heavy atom. The molecule has 0 aliphatic carbocycles. The van der Waals surface area contributed by atoms with Crippen LogP contribution in [0, 0.1) is 0 Å². The summed E-state index contributed by atoms with van der Waals surface area (Å²) in [5, 5.41) is 4.33. The number of primary sulfonamides is 1. The SMILES string of the molecule is COC(=O)c1cc(-c2cnco2)c(C(F)(F)F)cc1N.CS(N)(=O)=O. The second-order valence-corrected chi connectivity index (χ2v) is 6.33.